The minimum absolute atomic E-state index is 0. The average molecular weight is 1750 g/mol. The van der Waals surface area contributed by atoms with Crippen molar-refractivity contribution in [3.8, 4) is 17.1 Å². The molecule has 3 unspecified atom stereocenters. The van der Waals surface area contributed by atoms with Crippen LogP contribution in [-0.2, 0) is 35.0 Å². The SMILES string of the molecule is C.Cc1cc(C(=O)Cc2cccc(C(NCC3CC3)c3cccc(N)c3)c2)n(-c2cccc(CN)c2)n1.NCC1CC1.NCCNCCN.O=S(Cl)Cl.[C-]#[N+]c1cccc(-n2nc(C)cc2C(=O)Cc2cccc(C(NCC3CC3)c3cccc([N+](=O)[O-])c3)c2)c1.[C-]#[N+]c1cccc(-n2nc(C)cc2C(=O)Cc2cccc(C(O)c3cccc([N+](=O)[O-])c3)c2)c1. The molecule has 3 aliphatic rings. The van der Waals surface area contributed by atoms with E-state index >= 15 is 0 Å². The highest BCUT2D eigenvalue weighted by molar-refractivity contribution is 8.26. The van der Waals surface area contributed by atoms with Gasteiger partial charge in [-0.1, -0.05) is 153 Å². The highest BCUT2D eigenvalue weighted by Crippen LogP contribution is 2.35. The highest BCUT2D eigenvalue weighted by atomic mass is 36.0. The van der Waals surface area contributed by atoms with Crippen LogP contribution in [-0.4, -0.2) is 112 Å². The largest absolute Gasteiger partial charge is 0.399 e. The Morgan fingerprint density at radius 1 is 0.480 bits per heavy atom. The number of aryl methyl sites for hydroxylation is 3. The Morgan fingerprint density at radius 3 is 1.17 bits per heavy atom. The minimum Gasteiger partial charge on any atom is -0.399 e. The number of hydrogen-bond acceptors (Lipinski definition) is 20. The molecule has 0 amide bonds. The van der Waals surface area contributed by atoms with Crippen LogP contribution in [0.2, 0.25) is 0 Å². The van der Waals surface area contributed by atoms with Crippen molar-refractivity contribution in [3.05, 3.63) is 369 Å². The first-order chi connectivity index (χ1) is 59.8. The quantitative estimate of drug-likeness (QED) is 0.00360. The fraction of sp³-hybridized carbons (Fsp3) is 0.284. The van der Waals surface area contributed by atoms with Crippen molar-refractivity contribution in [2.45, 2.75) is 111 Å². The third-order valence-corrected chi connectivity index (χ3v) is 20.4. The van der Waals surface area contributed by atoms with Gasteiger partial charge < -0.3 is 49.7 Å². The zero-order valence-electron chi connectivity index (χ0n) is 69.2. The fourth-order valence-corrected chi connectivity index (χ4v) is 13.7. The molecule has 0 bridgehead atoms. The van der Waals surface area contributed by atoms with Gasteiger partial charge >= 0.3 is 0 Å². The molecular weight excluding hydrogens is 1640 g/mol. The molecule has 125 heavy (non-hydrogen) atoms. The molecule has 3 fully saturated rings. The van der Waals surface area contributed by atoms with Gasteiger partial charge in [0.1, 0.15) is 23.2 Å². The number of aliphatic hydroxyl groups is 1. The number of halogens is 2. The van der Waals surface area contributed by atoms with E-state index in [9.17, 15) is 39.7 Å². The van der Waals surface area contributed by atoms with Crippen LogP contribution in [0.5, 0.6) is 0 Å². The van der Waals surface area contributed by atoms with E-state index < -0.39 is 20.3 Å². The second kappa shape index (κ2) is 48.0. The monoisotopic (exact) mass is 1740 g/mol. The van der Waals surface area contributed by atoms with E-state index in [1.165, 1.54) is 67.5 Å². The standard InChI is InChI=1S/C30H27N5O3.C30H33N5O.C26H20N4O4.C4H13N3.C4H9N.CH4.Cl2OS/c1-20-14-28(34(33-20)26-10-5-9-25(18-26)31-2)29(36)16-22-6-3-7-23(15-22)30(32-19-21-12-13-21)24-8-4-11-27(17-24)35(37)38;1-20-13-28(35(34-20)27-10-3-6-23(15-27)18-31)29(36)16-22-5-2-7-24(14-22)30(33-19-21-11-12-21)25-8-4-9-26(32)17-25;1-17-12-24(29(28-17)22-10-5-9-21(16-22)27-2)25(31)14-18-6-3-7-19(13-18)26(32)20-8-4-11-23(15-20)30(33)34;5-1-3-7-4-2-6;5-3-4-1-2-4;;1-4(2)3/h3-11,14-15,17-18,21,30,32H,12-13,16,19H2,1H3;2-10,13-15,17,21,30,33H,11-12,16,18-19,31-32H2,1H3;3-13,15-16,26,32H,14H2,1H3;7H,1-6H2;4H,1-3,5H2;1H4;. The van der Waals surface area contributed by atoms with Gasteiger partial charge in [0.05, 0.1) is 69.2 Å². The number of nitro groups is 2. The first kappa shape index (κ1) is 96.4. The normalized spacial score (nSPS) is 13.1. The van der Waals surface area contributed by atoms with Gasteiger partial charge in [0.15, 0.2) is 28.7 Å². The molecule has 0 saturated heterocycles. The molecule has 3 heterocycles. The maximum Gasteiger partial charge on any atom is 0.269 e. The van der Waals surface area contributed by atoms with E-state index in [-0.39, 0.29) is 66.0 Å². The highest BCUT2D eigenvalue weighted by Gasteiger charge is 2.28. The number of aliphatic hydroxyl groups excluding tert-OH is 1. The number of nitrogens with zero attached hydrogens (tertiary/aromatic N) is 10. The first-order valence-corrected chi connectivity index (χ1v) is 43.5. The number of anilines is 1. The Kier molecular flexibility index (Phi) is 37.1. The summed E-state index contributed by atoms with van der Waals surface area (Å²) in [5.41, 5.74) is 43.3. The third-order valence-electron chi connectivity index (χ3n) is 20.4. The number of nitrogen functional groups attached to an aromatic ring is 1. The van der Waals surface area contributed by atoms with Gasteiger partial charge in [-0.15, -0.1) is 0 Å². The van der Waals surface area contributed by atoms with E-state index in [0.29, 0.717) is 99.9 Å². The number of nitro benzene ring substituents is 2. The molecule has 3 atom stereocenters. The van der Waals surface area contributed by atoms with Crippen LogP contribution < -0.4 is 44.6 Å². The van der Waals surface area contributed by atoms with Gasteiger partial charge in [-0.05, 0) is 219 Å². The summed E-state index contributed by atoms with van der Waals surface area (Å²) in [6.07, 6.45) is 7.19. The van der Waals surface area contributed by atoms with Gasteiger partial charge in [0.2, 0.25) is 9.23 Å². The maximum atomic E-state index is 13.5. The molecule has 3 saturated carbocycles. The Labute approximate surface area is 740 Å². The van der Waals surface area contributed by atoms with Crippen LogP contribution in [0.4, 0.5) is 28.4 Å². The number of rotatable bonds is 32. The predicted octanol–water partition coefficient (Wildman–Crippen LogP) is 16.6. The van der Waals surface area contributed by atoms with Gasteiger partial charge in [-0.3, -0.25) is 34.6 Å². The number of carbonyl (C=O) groups is 3. The predicted molar refractivity (Wildman–Crippen MR) is 494 cm³/mol. The minimum atomic E-state index is -1.67. The second-order valence-electron chi connectivity index (χ2n) is 30.5. The van der Waals surface area contributed by atoms with E-state index in [1.54, 1.807) is 113 Å². The molecule has 3 aliphatic carbocycles. The first-order valence-electron chi connectivity index (χ1n) is 40.7. The molecule has 650 valence electrons. The Balaban J connectivity index is 0.000000194. The summed E-state index contributed by atoms with van der Waals surface area (Å²) >= 11 is 0. The van der Waals surface area contributed by atoms with Crippen LogP contribution >= 0.6 is 21.4 Å². The maximum absolute atomic E-state index is 13.5. The van der Waals surface area contributed by atoms with E-state index in [2.05, 4.69) is 80.5 Å². The zero-order valence-corrected chi connectivity index (χ0v) is 71.6. The molecule has 14 N–H and O–H groups in total. The summed E-state index contributed by atoms with van der Waals surface area (Å²) in [7, 11) is 7.36. The summed E-state index contributed by atoms with van der Waals surface area (Å²) in [5.74, 6) is 2.06. The number of nitrogens with two attached hydrogens (primary N) is 5. The molecule has 27 nitrogen and oxygen atoms in total. The molecule has 9 aromatic carbocycles. The van der Waals surface area contributed by atoms with Crippen molar-refractivity contribution in [2.75, 3.05) is 51.5 Å². The molecule has 12 aromatic rings. The third kappa shape index (κ3) is 29.7. The lowest BCUT2D eigenvalue weighted by Crippen LogP contribution is -2.27. The topological polar surface area (TPSA) is 403 Å². The van der Waals surface area contributed by atoms with Crippen molar-refractivity contribution < 1.29 is 33.5 Å². The van der Waals surface area contributed by atoms with Gasteiger partial charge in [-0.2, -0.15) is 15.3 Å². The van der Waals surface area contributed by atoms with Crippen molar-refractivity contribution in [3.63, 3.8) is 0 Å². The summed E-state index contributed by atoms with van der Waals surface area (Å²) in [5, 5.41) is 57.1. The molecular formula is C95H106Cl2N18O9S. The zero-order chi connectivity index (χ0) is 88.8. The van der Waals surface area contributed by atoms with Gasteiger partial charge in [-0.25, -0.2) is 27.9 Å². The second-order valence-corrected chi connectivity index (χ2v) is 33.0. The molecule has 3 aromatic heterocycles. The van der Waals surface area contributed by atoms with Crippen LogP contribution in [0.25, 0.3) is 26.8 Å². The fourth-order valence-electron chi connectivity index (χ4n) is 13.7. The van der Waals surface area contributed by atoms with Crippen molar-refractivity contribution >= 4 is 76.4 Å². The number of Topliss-reactive ketones (excluding diaryl/α,β-unsaturated/α-hetero) is 3. The summed E-state index contributed by atoms with van der Waals surface area (Å²) in [4.78, 5) is 68.6. The number of ketones is 3. The molecule has 0 radical (unpaired) electrons. The summed E-state index contributed by atoms with van der Waals surface area (Å²) in [6, 6.07) is 70.5. The molecule has 30 heteroatoms. The van der Waals surface area contributed by atoms with Crippen LogP contribution in [0.15, 0.2) is 237 Å². The smallest absolute Gasteiger partial charge is 0.269 e. The molecule has 15 rings (SSSR count). The number of hydrogen-bond donors (Lipinski definition) is 9. The molecule has 0 spiro atoms. The van der Waals surface area contributed by atoms with Crippen LogP contribution in [0, 0.1) is 71.9 Å². The van der Waals surface area contributed by atoms with Crippen molar-refractivity contribution in [1.29, 1.82) is 0 Å². The average Bonchev–Trinajstić information content (AvgIpc) is 1.76. The van der Waals surface area contributed by atoms with E-state index in [1.807, 2.05) is 111 Å². The van der Waals surface area contributed by atoms with Crippen molar-refractivity contribution in [1.82, 2.24) is 45.3 Å². The Morgan fingerprint density at radius 2 is 0.808 bits per heavy atom. The summed E-state index contributed by atoms with van der Waals surface area (Å²) in [6.45, 7) is 26.3. The van der Waals surface area contributed by atoms with Gasteiger partial charge in [0, 0.05) is 103 Å². The summed E-state index contributed by atoms with van der Waals surface area (Å²) < 4.78 is 13.9. The lowest BCUT2D eigenvalue weighted by Gasteiger charge is -2.21. The number of nitrogens with one attached hydrogen (secondary N) is 3. The van der Waals surface area contributed by atoms with Crippen LogP contribution in [0.1, 0.15) is 168 Å². The number of aromatic nitrogens is 6. The van der Waals surface area contributed by atoms with Crippen molar-refractivity contribution in [2.24, 2.45) is 40.7 Å². The Bertz CT molecular complexity index is 5760. The number of non-ortho nitro benzene ring substituents is 2. The number of benzene rings is 9. The number of carbonyl (C=O) groups excluding carboxylic acids is 3. The molecule has 0 aliphatic heterocycles. The van der Waals surface area contributed by atoms with Gasteiger partial charge in [0.25, 0.3) is 11.4 Å². The van der Waals surface area contributed by atoms with E-state index in [0.717, 1.165) is 101 Å². The van der Waals surface area contributed by atoms with E-state index in [4.69, 9.17) is 46.0 Å². The Hall–Kier alpha value is -12.4. The lowest BCUT2D eigenvalue weighted by molar-refractivity contribution is -0.385. The lowest BCUT2D eigenvalue weighted by atomic mass is 9.95. The van der Waals surface area contributed by atoms with Crippen LogP contribution in [0.3, 0.4) is 0 Å².